The average Bonchev–Trinajstić information content (AvgIpc) is 2.77. The molecule has 0 amide bonds. The Bertz CT molecular complexity index is 415. The van der Waals surface area contributed by atoms with E-state index in [1.54, 1.807) is 6.92 Å². The van der Waals surface area contributed by atoms with E-state index in [9.17, 15) is 4.79 Å². The van der Waals surface area contributed by atoms with Gasteiger partial charge in [0.25, 0.3) is 0 Å². The standard InChI is InChI=1S/C30H58O2/c1-5-6-7-8-9-10-11-12-13-14-15-16-17-18-19-20-21-22-23-24-25-29(4)26-27-32-30(31)28(2)3/h29H,2,5-27H2,1,3-4H3. The number of hydrogen-bond donors (Lipinski definition) is 0. The van der Waals surface area contributed by atoms with Crippen molar-refractivity contribution in [3.63, 3.8) is 0 Å². The topological polar surface area (TPSA) is 26.3 Å². The first-order chi connectivity index (χ1) is 15.6. The molecule has 0 heterocycles. The van der Waals surface area contributed by atoms with E-state index in [-0.39, 0.29) is 5.97 Å². The molecular weight excluding hydrogens is 392 g/mol. The number of hydrogen-bond acceptors (Lipinski definition) is 2. The first kappa shape index (κ1) is 31.2. The van der Waals surface area contributed by atoms with Crippen LogP contribution in [0, 0.1) is 5.92 Å². The van der Waals surface area contributed by atoms with E-state index >= 15 is 0 Å². The fraction of sp³-hybridized carbons (Fsp3) is 0.900. The van der Waals surface area contributed by atoms with Crippen molar-refractivity contribution in [2.45, 2.75) is 162 Å². The van der Waals surface area contributed by atoms with E-state index in [0.29, 0.717) is 18.1 Å². The Morgan fingerprint density at radius 1 is 0.625 bits per heavy atom. The lowest BCUT2D eigenvalue weighted by molar-refractivity contribution is -0.139. The largest absolute Gasteiger partial charge is 0.462 e. The predicted molar refractivity (Wildman–Crippen MR) is 142 cm³/mol. The normalized spacial score (nSPS) is 12.1. The molecule has 0 rings (SSSR count). The van der Waals surface area contributed by atoms with E-state index < -0.39 is 0 Å². The third kappa shape index (κ3) is 23.9. The first-order valence-corrected chi connectivity index (χ1v) is 14.4. The van der Waals surface area contributed by atoms with Gasteiger partial charge in [0, 0.05) is 5.57 Å². The van der Waals surface area contributed by atoms with Gasteiger partial charge in [-0.1, -0.05) is 155 Å². The van der Waals surface area contributed by atoms with Crippen LogP contribution in [0.25, 0.3) is 0 Å². The van der Waals surface area contributed by atoms with Crippen LogP contribution in [0.2, 0.25) is 0 Å². The number of rotatable bonds is 25. The van der Waals surface area contributed by atoms with Crippen molar-refractivity contribution >= 4 is 5.97 Å². The van der Waals surface area contributed by atoms with Gasteiger partial charge in [-0.15, -0.1) is 0 Å². The summed E-state index contributed by atoms with van der Waals surface area (Å²) in [6, 6.07) is 0. The number of ether oxygens (including phenoxy) is 1. The zero-order valence-electron chi connectivity index (χ0n) is 22.4. The lowest BCUT2D eigenvalue weighted by atomic mass is 9.99. The molecule has 0 aromatic carbocycles. The maximum Gasteiger partial charge on any atom is 0.333 e. The molecule has 190 valence electrons. The van der Waals surface area contributed by atoms with Gasteiger partial charge in [-0.05, 0) is 19.3 Å². The van der Waals surface area contributed by atoms with Crippen LogP contribution in [-0.2, 0) is 9.53 Å². The van der Waals surface area contributed by atoms with Crippen LogP contribution in [0.1, 0.15) is 162 Å². The van der Waals surface area contributed by atoms with E-state index in [1.165, 1.54) is 135 Å². The molecule has 32 heavy (non-hydrogen) atoms. The molecule has 0 saturated carbocycles. The minimum absolute atomic E-state index is 0.254. The van der Waals surface area contributed by atoms with Gasteiger partial charge in [-0.3, -0.25) is 0 Å². The van der Waals surface area contributed by atoms with Gasteiger partial charge in [0.15, 0.2) is 0 Å². The molecule has 2 nitrogen and oxygen atoms in total. The van der Waals surface area contributed by atoms with Crippen molar-refractivity contribution < 1.29 is 9.53 Å². The summed E-state index contributed by atoms with van der Waals surface area (Å²) in [6.45, 7) is 10.4. The van der Waals surface area contributed by atoms with E-state index in [1.807, 2.05) is 0 Å². The molecule has 0 N–H and O–H groups in total. The maximum atomic E-state index is 11.4. The van der Waals surface area contributed by atoms with Gasteiger partial charge in [-0.25, -0.2) is 4.79 Å². The van der Waals surface area contributed by atoms with Gasteiger partial charge in [0.1, 0.15) is 0 Å². The number of carbonyl (C=O) groups excluding carboxylic acids is 1. The maximum absolute atomic E-state index is 11.4. The first-order valence-electron chi connectivity index (χ1n) is 14.4. The van der Waals surface area contributed by atoms with Gasteiger partial charge in [0.05, 0.1) is 6.61 Å². The second kappa shape index (κ2) is 24.8. The molecule has 0 aromatic rings. The Morgan fingerprint density at radius 2 is 0.969 bits per heavy atom. The molecule has 1 unspecified atom stereocenters. The van der Waals surface area contributed by atoms with Crippen molar-refractivity contribution in [3.05, 3.63) is 12.2 Å². The highest BCUT2D eigenvalue weighted by atomic mass is 16.5. The van der Waals surface area contributed by atoms with Crippen molar-refractivity contribution in [1.29, 1.82) is 0 Å². The fourth-order valence-electron chi connectivity index (χ4n) is 4.37. The minimum atomic E-state index is -0.254. The van der Waals surface area contributed by atoms with Crippen LogP contribution in [0.3, 0.4) is 0 Å². The van der Waals surface area contributed by atoms with Crippen molar-refractivity contribution in [2.75, 3.05) is 6.61 Å². The Labute approximate surface area is 202 Å². The molecule has 0 bridgehead atoms. The molecule has 0 radical (unpaired) electrons. The van der Waals surface area contributed by atoms with Gasteiger partial charge >= 0.3 is 5.97 Å². The second-order valence-electron chi connectivity index (χ2n) is 10.3. The van der Waals surface area contributed by atoms with E-state index in [4.69, 9.17) is 4.74 Å². The summed E-state index contributed by atoms with van der Waals surface area (Å²) in [5.74, 6) is 0.388. The Morgan fingerprint density at radius 3 is 1.31 bits per heavy atom. The molecule has 0 fully saturated rings. The average molecular weight is 451 g/mol. The second-order valence-corrected chi connectivity index (χ2v) is 10.3. The van der Waals surface area contributed by atoms with Gasteiger partial charge in [-0.2, -0.15) is 0 Å². The number of esters is 1. The van der Waals surface area contributed by atoms with Crippen molar-refractivity contribution in [2.24, 2.45) is 5.92 Å². The summed E-state index contributed by atoms with van der Waals surface area (Å²) in [5.41, 5.74) is 0.492. The predicted octanol–water partition coefficient (Wildman–Crippen LogP) is 10.3. The highest BCUT2D eigenvalue weighted by Gasteiger charge is 2.06. The van der Waals surface area contributed by atoms with Crippen LogP contribution in [-0.4, -0.2) is 12.6 Å². The molecule has 1 atom stereocenters. The third-order valence-electron chi connectivity index (χ3n) is 6.74. The molecule has 0 aromatic heterocycles. The summed E-state index contributed by atoms with van der Waals surface area (Å²) in [5, 5.41) is 0. The molecular formula is C30H58O2. The molecule has 0 aliphatic heterocycles. The highest BCUT2D eigenvalue weighted by molar-refractivity contribution is 5.86. The van der Waals surface area contributed by atoms with Crippen LogP contribution >= 0.6 is 0 Å². The molecule has 0 aliphatic carbocycles. The lowest BCUT2D eigenvalue weighted by Gasteiger charge is -2.11. The zero-order chi connectivity index (χ0) is 23.7. The van der Waals surface area contributed by atoms with Crippen LogP contribution in [0.4, 0.5) is 0 Å². The van der Waals surface area contributed by atoms with Gasteiger partial charge < -0.3 is 4.74 Å². The zero-order valence-corrected chi connectivity index (χ0v) is 22.4. The number of unbranched alkanes of at least 4 members (excludes halogenated alkanes) is 19. The van der Waals surface area contributed by atoms with Crippen LogP contribution < -0.4 is 0 Å². The van der Waals surface area contributed by atoms with Crippen molar-refractivity contribution in [1.82, 2.24) is 0 Å². The smallest absolute Gasteiger partial charge is 0.333 e. The van der Waals surface area contributed by atoms with Crippen molar-refractivity contribution in [3.8, 4) is 0 Å². The van der Waals surface area contributed by atoms with E-state index in [2.05, 4.69) is 20.4 Å². The summed E-state index contributed by atoms with van der Waals surface area (Å²) in [7, 11) is 0. The minimum Gasteiger partial charge on any atom is -0.462 e. The monoisotopic (exact) mass is 450 g/mol. The van der Waals surface area contributed by atoms with Gasteiger partial charge in [0.2, 0.25) is 0 Å². The molecule has 0 aliphatic rings. The summed E-state index contributed by atoms with van der Waals surface area (Å²) in [4.78, 5) is 11.4. The Hall–Kier alpha value is -0.790. The third-order valence-corrected chi connectivity index (χ3v) is 6.74. The number of carbonyl (C=O) groups is 1. The van der Waals surface area contributed by atoms with E-state index in [0.717, 1.165) is 6.42 Å². The molecule has 2 heteroatoms. The van der Waals surface area contributed by atoms with Crippen LogP contribution in [0.5, 0.6) is 0 Å². The Kier molecular flexibility index (Phi) is 24.2. The summed E-state index contributed by atoms with van der Waals surface area (Å²) < 4.78 is 5.18. The quantitative estimate of drug-likeness (QED) is 0.0785. The lowest BCUT2D eigenvalue weighted by Crippen LogP contribution is -2.09. The molecule has 0 spiro atoms. The summed E-state index contributed by atoms with van der Waals surface area (Å²) in [6.07, 6.45) is 30.8. The SMILES string of the molecule is C=C(C)C(=O)OCCC(C)CCCCCCCCCCCCCCCCCCCCCC. The van der Waals surface area contributed by atoms with Crippen LogP contribution in [0.15, 0.2) is 12.2 Å². The fourth-order valence-corrected chi connectivity index (χ4v) is 4.37. The molecule has 0 saturated heterocycles. The summed E-state index contributed by atoms with van der Waals surface area (Å²) >= 11 is 0. The highest BCUT2D eigenvalue weighted by Crippen LogP contribution is 2.17. The Balaban J connectivity index is 3.16.